The van der Waals surface area contributed by atoms with Gasteiger partial charge in [-0.1, -0.05) is 31.4 Å². The lowest BCUT2D eigenvalue weighted by atomic mass is 9.96. The van der Waals surface area contributed by atoms with Crippen LogP contribution in [-0.4, -0.2) is 37.2 Å². The summed E-state index contributed by atoms with van der Waals surface area (Å²) < 4.78 is 10.2. The first kappa shape index (κ1) is 22.0. The van der Waals surface area contributed by atoms with Crippen LogP contribution in [0.3, 0.4) is 0 Å². The zero-order valence-corrected chi connectivity index (χ0v) is 16.4. The van der Waals surface area contributed by atoms with E-state index in [1.165, 1.54) is 6.08 Å². The van der Waals surface area contributed by atoms with Crippen molar-refractivity contribution in [1.82, 2.24) is 10.6 Å². The van der Waals surface area contributed by atoms with Crippen molar-refractivity contribution >= 4 is 24.0 Å². The number of rotatable bonds is 7. The van der Waals surface area contributed by atoms with Gasteiger partial charge in [-0.2, -0.15) is 5.26 Å². The van der Waals surface area contributed by atoms with Crippen LogP contribution >= 0.6 is 0 Å². The lowest BCUT2D eigenvalue weighted by Gasteiger charge is -2.22. The van der Waals surface area contributed by atoms with Gasteiger partial charge in [-0.3, -0.25) is 10.1 Å². The second kappa shape index (κ2) is 11.5. The van der Waals surface area contributed by atoms with E-state index in [0.717, 1.165) is 32.1 Å². The van der Waals surface area contributed by atoms with Crippen LogP contribution in [0.5, 0.6) is 5.75 Å². The van der Waals surface area contributed by atoms with Gasteiger partial charge < -0.3 is 14.8 Å². The van der Waals surface area contributed by atoms with E-state index < -0.39 is 24.5 Å². The largest absolute Gasteiger partial charge is 0.494 e. The van der Waals surface area contributed by atoms with Crippen LogP contribution in [0.2, 0.25) is 0 Å². The first-order valence-electron chi connectivity index (χ1n) is 9.64. The summed E-state index contributed by atoms with van der Waals surface area (Å²) in [5.74, 6) is -1.02. The fourth-order valence-electron chi connectivity index (χ4n) is 2.97. The molecule has 2 rings (SSSR count). The molecule has 29 heavy (non-hydrogen) atoms. The number of carbonyl (C=O) groups excluding carboxylic acids is 3. The van der Waals surface area contributed by atoms with Gasteiger partial charge in [-0.25, -0.2) is 9.59 Å². The average molecular weight is 399 g/mol. The fraction of sp³-hybridized carbons (Fsp3) is 0.429. The highest BCUT2D eigenvalue weighted by molar-refractivity contribution is 6.00. The molecule has 0 atom stereocenters. The van der Waals surface area contributed by atoms with Gasteiger partial charge in [-0.15, -0.1) is 0 Å². The summed E-state index contributed by atoms with van der Waals surface area (Å²) in [5, 5.41) is 14.0. The Balaban J connectivity index is 1.81. The molecule has 2 N–H and O–H groups in total. The third-order valence-electron chi connectivity index (χ3n) is 4.37. The molecular formula is C21H25N3O5. The van der Waals surface area contributed by atoms with Crippen molar-refractivity contribution in [3.8, 4) is 11.8 Å². The highest BCUT2D eigenvalue weighted by Crippen LogP contribution is 2.17. The maximum atomic E-state index is 12.0. The first-order chi connectivity index (χ1) is 14.0. The Labute approximate surface area is 169 Å². The van der Waals surface area contributed by atoms with Gasteiger partial charge in [0.15, 0.2) is 6.61 Å². The molecule has 0 radical (unpaired) electrons. The van der Waals surface area contributed by atoms with Crippen LogP contribution in [0.25, 0.3) is 6.08 Å². The Hall–Kier alpha value is -3.34. The van der Waals surface area contributed by atoms with Crippen molar-refractivity contribution in [3.63, 3.8) is 0 Å². The van der Waals surface area contributed by atoms with Crippen molar-refractivity contribution in [2.75, 3.05) is 13.2 Å². The van der Waals surface area contributed by atoms with Crippen LogP contribution in [0.1, 0.15) is 44.6 Å². The van der Waals surface area contributed by atoms with Crippen molar-refractivity contribution in [3.05, 3.63) is 35.4 Å². The van der Waals surface area contributed by atoms with Crippen LogP contribution in [0.15, 0.2) is 29.8 Å². The van der Waals surface area contributed by atoms with E-state index >= 15 is 0 Å². The molecule has 1 saturated carbocycles. The van der Waals surface area contributed by atoms with Crippen molar-refractivity contribution in [2.45, 2.75) is 45.1 Å². The molecule has 8 nitrogen and oxygen atoms in total. The summed E-state index contributed by atoms with van der Waals surface area (Å²) in [6.07, 6.45) is 6.38. The fourth-order valence-corrected chi connectivity index (χ4v) is 2.97. The zero-order valence-electron chi connectivity index (χ0n) is 16.4. The molecule has 1 aromatic rings. The van der Waals surface area contributed by atoms with Gasteiger partial charge in [0.1, 0.15) is 17.4 Å². The molecule has 3 amide bonds. The van der Waals surface area contributed by atoms with Crippen molar-refractivity contribution < 1.29 is 23.9 Å². The Morgan fingerprint density at radius 1 is 1.17 bits per heavy atom. The van der Waals surface area contributed by atoms with Crippen LogP contribution in [0, 0.1) is 11.3 Å². The molecule has 0 saturated heterocycles. The second-order valence-corrected chi connectivity index (χ2v) is 6.60. The molecule has 1 fully saturated rings. The predicted octanol–water partition coefficient (Wildman–Crippen LogP) is 2.69. The maximum absolute atomic E-state index is 12.0. The number of benzene rings is 1. The third kappa shape index (κ3) is 7.66. The highest BCUT2D eigenvalue weighted by Gasteiger charge is 2.18. The molecule has 0 heterocycles. The molecular weight excluding hydrogens is 374 g/mol. The molecule has 1 aliphatic rings. The smallest absolute Gasteiger partial charge is 0.349 e. The number of nitrogens with zero attached hydrogens (tertiary/aromatic N) is 1. The first-order valence-corrected chi connectivity index (χ1v) is 9.64. The van der Waals surface area contributed by atoms with Gasteiger partial charge in [0.25, 0.3) is 5.91 Å². The van der Waals surface area contributed by atoms with Gasteiger partial charge in [0, 0.05) is 6.04 Å². The Morgan fingerprint density at radius 2 is 1.86 bits per heavy atom. The third-order valence-corrected chi connectivity index (χ3v) is 4.37. The van der Waals surface area contributed by atoms with Crippen LogP contribution in [0.4, 0.5) is 4.79 Å². The number of imide groups is 1. The minimum absolute atomic E-state index is 0.0568. The van der Waals surface area contributed by atoms with Crippen LogP contribution in [-0.2, 0) is 14.3 Å². The molecule has 0 aromatic heterocycles. The standard InChI is InChI=1S/C21H25N3O5/c1-2-28-18-10-8-15(9-11-18)12-16(13-22)20(26)29-14-19(25)24-21(27)23-17-6-4-3-5-7-17/h8-12,17H,2-7,14H2,1H3,(H2,23,24,25,27)/b16-12+. The van der Waals surface area contributed by atoms with E-state index in [1.807, 2.05) is 6.92 Å². The lowest BCUT2D eigenvalue weighted by Crippen LogP contribution is -2.46. The van der Waals surface area contributed by atoms with Gasteiger partial charge in [0.05, 0.1) is 6.61 Å². The summed E-state index contributed by atoms with van der Waals surface area (Å²) in [7, 11) is 0. The van der Waals surface area contributed by atoms with E-state index in [0.29, 0.717) is 17.9 Å². The number of urea groups is 1. The van der Waals surface area contributed by atoms with E-state index in [1.54, 1.807) is 30.3 Å². The van der Waals surface area contributed by atoms with E-state index in [-0.39, 0.29) is 11.6 Å². The number of ether oxygens (including phenoxy) is 2. The predicted molar refractivity (Wildman–Crippen MR) is 106 cm³/mol. The highest BCUT2D eigenvalue weighted by atomic mass is 16.5. The molecule has 1 aromatic carbocycles. The maximum Gasteiger partial charge on any atom is 0.349 e. The Morgan fingerprint density at radius 3 is 2.48 bits per heavy atom. The van der Waals surface area contributed by atoms with Gasteiger partial charge in [-0.05, 0) is 43.5 Å². The molecule has 0 aliphatic heterocycles. The van der Waals surface area contributed by atoms with Crippen molar-refractivity contribution in [1.29, 1.82) is 5.26 Å². The molecule has 0 bridgehead atoms. The summed E-state index contributed by atoms with van der Waals surface area (Å²) >= 11 is 0. The lowest BCUT2D eigenvalue weighted by molar-refractivity contribution is -0.144. The average Bonchev–Trinajstić information content (AvgIpc) is 2.72. The summed E-state index contributed by atoms with van der Waals surface area (Å²) in [6.45, 7) is 1.75. The number of amides is 3. The topological polar surface area (TPSA) is 118 Å². The van der Waals surface area contributed by atoms with Gasteiger partial charge in [0.2, 0.25) is 0 Å². The van der Waals surface area contributed by atoms with Gasteiger partial charge >= 0.3 is 12.0 Å². The second-order valence-electron chi connectivity index (χ2n) is 6.60. The minimum atomic E-state index is -0.941. The minimum Gasteiger partial charge on any atom is -0.494 e. The molecule has 8 heteroatoms. The summed E-state index contributed by atoms with van der Waals surface area (Å²) in [6, 6.07) is 8.02. The number of carbonyl (C=O) groups is 3. The number of hydrogen-bond acceptors (Lipinski definition) is 6. The molecule has 1 aliphatic carbocycles. The molecule has 154 valence electrons. The summed E-state index contributed by atoms with van der Waals surface area (Å²) in [4.78, 5) is 35.7. The van der Waals surface area contributed by atoms with E-state index in [2.05, 4.69) is 10.6 Å². The number of nitriles is 1. The number of esters is 1. The van der Waals surface area contributed by atoms with Crippen molar-refractivity contribution in [2.24, 2.45) is 0 Å². The molecule has 0 unspecified atom stereocenters. The monoisotopic (exact) mass is 399 g/mol. The quantitative estimate of drug-likeness (QED) is 0.413. The molecule has 0 spiro atoms. The summed E-state index contributed by atoms with van der Waals surface area (Å²) in [5.41, 5.74) is 0.354. The number of nitrogens with one attached hydrogen (secondary N) is 2. The normalized spacial score (nSPS) is 14.4. The van der Waals surface area contributed by atoms with E-state index in [9.17, 15) is 19.6 Å². The Kier molecular flexibility index (Phi) is 8.70. The van der Waals surface area contributed by atoms with E-state index in [4.69, 9.17) is 9.47 Å². The van der Waals surface area contributed by atoms with Crippen LogP contribution < -0.4 is 15.4 Å². The number of hydrogen-bond donors (Lipinski definition) is 2. The SMILES string of the molecule is CCOc1ccc(/C=C(\C#N)C(=O)OCC(=O)NC(=O)NC2CCCCC2)cc1. The Bertz CT molecular complexity index is 790. The zero-order chi connectivity index (χ0) is 21.1.